The average Bonchev–Trinajstić information content (AvgIpc) is 2.96. The lowest BCUT2D eigenvalue weighted by molar-refractivity contribution is 0.446. The van der Waals surface area contributed by atoms with E-state index in [2.05, 4.69) is 57.4 Å². The van der Waals surface area contributed by atoms with Crippen molar-refractivity contribution in [2.24, 2.45) is 5.92 Å². The summed E-state index contributed by atoms with van der Waals surface area (Å²) in [6.07, 6.45) is 9.66. The molecule has 0 saturated heterocycles. The molecule has 0 saturated carbocycles. The third-order valence-corrected chi connectivity index (χ3v) is 5.83. The summed E-state index contributed by atoms with van der Waals surface area (Å²) in [5.41, 5.74) is 2.07. The molecule has 0 radical (unpaired) electrons. The molecule has 0 amide bonds. The Bertz CT molecular complexity index is 770. The largest absolute Gasteiger partial charge is 0.362 e. The first-order chi connectivity index (χ1) is 13.7. The summed E-state index contributed by atoms with van der Waals surface area (Å²) in [5.74, 6) is 2.75. The molecule has 3 rings (SSSR count). The Morgan fingerprint density at radius 1 is 1.21 bits per heavy atom. The van der Waals surface area contributed by atoms with Crippen LogP contribution in [0.3, 0.4) is 0 Å². The molecule has 0 unspecified atom stereocenters. The van der Waals surface area contributed by atoms with Gasteiger partial charge in [-0.15, -0.1) is 10.2 Å². The first-order valence-electron chi connectivity index (χ1n) is 10.8. The summed E-state index contributed by atoms with van der Waals surface area (Å²) in [5, 5.41) is 16.3. The van der Waals surface area contributed by atoms with E-state index in [-0.39, 0.29) is 0 Å². The summed E-state index contributed by atoms with van der Waals surface area (Å²) >= 11 is 5.52. The molecule has 2 N–H and O–H groups in total. The van der Waals surface area contributed by atoms with E-state index in [0.29, 0.717) is 11.0 Å². The molecule has 1 aliphatic rings. The minimum Gasteiger partial charge on any atom is -0.362 e. The molecule has 0 spiro atoms. The number of hydrogen-bond donors (Lipinski definition) is 2. The van der Waals surface area contributed by atoms with Crippen LogP contribution in [-0.2, 0) is 13.0 Å². The molecule has 152 valence electrons. The number of aromatic nitrogens is 3. The van der Waals surface area contributed by atoms with Crippen LogP contribution in [0.1, 0.15) is 64.6 Å². The van der Waals surface area contributed by atoms with Crippen molar-refractivity contribution in [2.75, 3.05) is 11.9 Å². The molecule has 0 fully saturated rings. The van der Waals surface area contributed by atoms with Crippen LogP contribution in [0.5, 0.6) is 0 Å². The number of rotatable bonds is 8. The fourth-order valence-electron chi connectivity index (χ4n) is 3.79. The van der Waals surface area contributed by atoms with Crippen molar-refractivity contribution in [1.29, 1.82) is 0 Å². The lowest BCUT2D eigenvalue weighted by atomic mass is 9.99. The molecule has 0 aliphatic carbocycles. The number of nitrogens with one attached hydrogen (secondary N) is 2. The van der Waals surface area contributed by atoms with Gasteiger partial charge in [0.25, 0.3) is 0 Å². The molecule has 1 aliphatic heterocycles. The molecule has 1 aromatic carbocycles. The SMILES string of the molecule is CCCC[C@@H](CC)CNC(=S)Nc1cccc(-c2nnc3n2CCCCC3)c1. The van der Waals surface area contributed by atoms with Gasteiger partial charge in [-0.2, -0.15) is 0 Å². The van der Waals surface area contributed by atoms with Gasteiger partial charge in [-0.1, -0.05) is 51.7 Å². The highest BCUT2D eigenvalue weighted by Gasteiger charge is 2.16. The lowest BCUT2D eigenvalue weighted by Crippen LogP contribution is -2.32. The van der Waals surface area contributed by atoms with Crippen molar-refractivity contribution in [2.45, 2.75) is 71.8 Å². The molecule has 1 aromatic heterocycles. The maximum absolute atomic E-state index is 5.52. The monoisotopic (exact) mass is 399 g/mol. The molecule has 2 aromatic rings. The molecule has 6 heteroatoms. The van der Waals surface area contributed by atoms with Gasteiger partial charge in [0, 0.05) is 30.8 Å². The fraction of sp³-hybridized carbons (Fsp3) is 0.591. The smallest absolute Gasteiger partial charge is 0.170 e. The minimum absolute atomic E-state index is 0.678. The van der Waals surface area contributed by atoms with E-state index >= 15 is 0 Å². The van der Waals surface area contributed by atoms with Gasteiger partial charge >= 0.3 is 0 Å². The molecule has 2 heterocycles. The maximum Gasteiger partial charge on any atom is 0.170 e. The minimum atomic E-state index is 0.678. The van der Waals surface area contributed by atoms with Crippen molar-refractivity contribution in [3.05, 3.63) is 30.1 Å². The van der Waals surface area contributed by atoms with Gasteiger partial charge in [-0.05, 0) is 49.5 Å². The predicted molar refractivity (Wildman–Crippen MR) is 121 cm³/mol. The van der Waals surface area contributed by atoms with Crippen LogP contribution in [0.4, 0.5) is 5.69 Å². The number of benzene rings is 1. The first kappa shape index (κ1) is 20.8. The van der Waals surface area contributed by atoms with E-state index in [1.165, 1.54) is 44.9 Å². The zero-order valence-electron chi connectivity index (χ0n) is 17.2. The Morgan fingerprint density at radius 3 is 2.93 bits per heavy atom. The van der Waals surface area contributed by atoms with Crippen molar-refractivity contribution in [3.63, 3.8) is 0 Å². The molecular formula is C22H33N5S. The van der Waals surface area contributed by atoms with Gasteiger partial charge in [-0.3, -0.25) is 0 Å². The Labute approximate surface area is 174 Å². The summed E-state index contributed by atoms with van der Waals surface area (Å²) in [6.45, 7) is 6.43. The second-order valence-corrected chi connectivity index (χ2v) is 8.14. The van der Waals surface area contributed by atoms with Crippen LogP contribution in [0.25, 0.3) is 11.4 Å². The van der Waals surface area contributed by atoms with Crippen molar-refractivity contribution < 1.29 is 0 Å². The quantitative estimate of drug-likeness (QED) is 0.600. The summed E-state index contributed by atoms with van der Waals surface area (Å²) in [4.78, 5) is 0. The number of anilines is 1. The van der Waals surface area contributed by atoms with Gasteiger partial charge < -0.3 is 15.2 Å². The van der Waals surface area contributed by atoms with Gasteiger partial charge in [-0.25, -0.2) is 0 Å². The molecule has 1 atom stereocenters. The van der Waals surface area contributed by atoms with E-state index in [4.69, 9.17) is 12.2 Å². The maximum atomic E-state index is 5.52. The molecule has 28 heavy (non-hydrogen) atoms. The van der Waals surface area contributed by atoms with Crippen LogP contribution in [0.2, 0.25) is 0 Å². The zero-order chi connectivity index (χ0) is 19.8. The van der Waals surface area contributed by atoms with Crippen LogP contribution >= 0.6 is 12.2 Å². The normalized spacial score (nSPS) is 14.8. The van der Waals surface area contributed by atoms with Gasteiger partial charge in [0.15, 0.2) is 10.9 Å². The summed E-state index contributed by atoms with van der Waals surface area (Å²) in [7, 11) is 0. The Kier molecular flexibility index (Phi) is 7.83. The fourth-order valence-corrected chi connectivity index (χ4v) is 3.99. The van der Waals surface area contributed by atoms with Crippen LogP contribution in [0, 0.1) is 5.92 Å². The molecular weight excluding hydrogens is 366 g/mol. The summed E-state index contributed by atoms with van der Waals surface area (Å²) < 4.78 is 2.28. The number of nitrogens with zero attached hydrogens (tertiary/aromatic N) is 3. The molecule has 0 bridgehead atoms. The van der Waals surface area contributed by atoms with Crippen molar-refractivity contribution in [3.8, 4) is 11.4 Å². The lowest BCUT2D eigenvalue weighted by Gasteiger charge is -2.17. The number of aryl methyl sites for hydroxylation is 1. The third kappa shape index (κ3) is 5.53. The second kappa shape index (κ2) is 10.6. The predicted octanol–water partition coefficient (Wildman–Crippen LogP) is 5.17. The number of fused-ring (bicyclic) bond motifs is 1. The first-order valence-corrected chi connectivity index (χ1v) is 11.2. The van der Waals surface area contributed by atoms with Crippen LogP contribution < -0.4 is 10.6 Å². The van der Waals surface area contributed by atoms with Crippen LogP contribution in [-0.4, -0.2) is 26.4 Å². The summed E-state index contributed by atoms with van der Waals surface area (Å²) in [6, 6.07) is 8.31. The Balaban J connectivity index is 1.62. The van der Waals surface area contributed by atoms with Gasteiger partial charge in [0.05, 0.1) is 0 Å². The van der Waals surface area contributed by atoms with E-state index in [0.717, 1.165) is 42.4 Å². The van der Waals surface area contributed by atoms with E-state index in [1.54, 1.807) is 0 Å². The zero-order valence-corrected chi connectivity index (χ0v) is 18.0. The highest BCUT2D eigenvalue weighted by atomic mass is 32.1. The Morgan fingerprint density at radius 2 is 2.11 bits per heavy atom. The van der Waals surface area contributed by atoms with E-state index in [9.17, 15) is 0 Å². The van der Waals surface area contributed by atoms with Crippen molar-refractivity contribution >= 4 is 23.0 Å². The third-order valence-electron chi connectivity index (χ3n) is 5.58. The van der Waals surface area contributed by atoms with Crippen molar-refractivity contribution in [1.82, 2.24) is 20.1 Å². The standard InChI is InChI=1S/C22H33N5S/c1-3-5-10-17(4-2)16-23-22(28)24-19-12-9-11-18(15-19)21-26-25-20-13-7-6-8-14-27(20)21/h9,11-12,15,17H,3-8,10,13-14,16H2,1-2H3,(H2,23,24,28)/t17-/m1/s1. The van der Waals surface area contributed by atoms with Crippen LogP contribution in [0.15, 0.2) is 24.3 Å². The number of thiocarbonyl (C=S) groups is 1. The van der Waals surface area contributed by atoms with Gasteiger partial charge in [0.1, 0.15) is 5.82 Å². The number of hydrogen-bond acceptors (Lipinski definition) is 3. The topological polar surface area (TPSA) is 54.8 Å². The van der Waals surface area contributed by atoms with Gasteiger partial charge in [0.2, 0.25) is 0 Å². The second-order valence-electron chi connectivity index (χ2n) is 7.73. The number of unbranched alkanes of at least 4 members (excludes halogenated alkanes) is 1. The Hall–Kier alpha value is -1.95. The van der Waals surface area contributed by atoms with E-state index < -0.39 is 0 Å². The highest BCUT2D eigenvalue weighted by Crippen LogP contribution is 2.24. The van der Waals surface area contributed by atoms with E-state index in [1.807, 2.05) is 6.07 Å². The average molecular weight is 400 g/mol. The highest BCUT2D eigenvalue weighted by molar-refractivity contribution is 7.80. The molecule has 5 nitrogen and oxygen atoms in total.